The first kappa shape index (κ1) is 28.1. The van der Waals surface area contributed by atoms with Crippen molar-refractivity contribution in [2.75, 3.05) is 36.3 Å². The number of aryl methyl sites for hydroxylation is 1. The van der Waals surface area contributed by atoms with E-state index < -0.39 is 23.2 Å². The molecule has 3 heterocycles. The summed E-state index contributed by atoms with van der Waals surface area (Å²) in [4.78, 5) is 36.8. The molecule has 0 bridgehead atoms. The Morgan fingerprint density at radius 3 is 2.40 bits per heavy atom. The van der Waals surface area contributed by atoms with Gasteiger partial charge in [0.15, 0.2) is 11.2 Å². The molecule has 0 saturated heterocycles. The summed E-state index contributed by atoms with van der Waals surface area (Å²) in [5.74, 6) is -0.733. The van der Waals surface area contributed by atoms with E-state index in [4.69, 9.17) is 32.9 Å². The number of methoxy groups -OCH3 is 1. The van der Waals surface area contributed by atoms with Gasteiger partial charge in [-0.05, 0) is 56.7 Å². The third-order valence-corrected chi connectivity index (χ3v) is 8.33. The first-order chi connectivity index (χ1) is 19.9. The molecule has 2 aliphatic rings. The zero-order chi connectivity index (χ0) is 30.2. The number of carbonyl (C=O) groups is 2. The van der Waals surface area contributed by atoms with E-state index in [-0.39, 0.29) is 11.7 Å². The average Bonchev–Trinajstić information content (AvgIpc) is 3.53. The fourth-order valence-corrected chi connectivity index (χ4v) is 6.39. The van der Waals surface area contributed by atoms with Crippen molar-refractivity contribution in [1.82, 2.24) is 9.55 Å². The van der Waals surface area contributed by atoms with Gasteiger partial charge in [0.2, 0.25) is 0 Å². The van der Waals surface area contributed by atoms with Crippen LogP contribution in [0.5, 0.6) is 5.75 Å². The SMILES string of the molecule is COc1cc(N(C)C)c(F)cc1-c1nc2c(n1C(C)C)C1(C(=O)Nc3cc(Cl)ccc31)N(c1cc(Cl)ccc1C)C2=O. The monoisotopic (exact) mass is 607 g/mol. The Bertz CT molecular complexity index is 1820. The molecule has 0 saturated carbocycles. The fourth-order valence-electron chi connectivity index (χ4n) is 6.05. The van der Waals surface area contributed by atoms with E-state index in [0.717, 1.165) is 5.56 Å². The summed E-state index contributed by atoms with van der Waals surface area (Å²) >= 11 is 12.7. The van der Waals surface area contributed by atoms with Crippen LogP contribution in [-0.2, 0) is 10.3 Å². The number of aromatic nitrogens is 2. The van der Waals surface area contributed by atoms with Gasteiger partial charge in [-0.15, -0.1) is 0 Å². The molecule has 1 spiro atoms. The highest BCUT2D eigenvalue weighted by atomic mass is 35.5. The molecule has 4 aromatic rings. The van der Waals surface area contributed by atoms with Crippen LogP contribution in [-0.4, -0.2) is 42.6 Å². The highest BCUT2D eigenvalue weighted by Gasteiger charge is 2.64. The van der Waals surface area contributed by atoms with Crippen LogP contribution in [0, 0.1) is 12.7 Å². The van der Waals surface area contributed by atoms with Crippen LogP contribution in [0.4, 0.5) is 21.5 Å². The smallest absolute Gasteiger partial charge is 0.280 e. The molecule has 2 aliphatic heterocycles. The van der Waals surface area contributed by atoms with Gasteiger partial charge in [0.25, 0.3) is 11.8 Å². The molecule has 42 heavy (non-hydrogen) atoms. The number of anilines is 3. The fraction of sp³-hybridized carbons (Fsp3) is 0.258. The average molecular weight is 609 g/mol. The molecule has 8 nitrogen and oxygen atoms in total. The van der Waals surface area contributed by atoms with Gasteiger partial charge in [-0.2, -0.15) is 0 Å². The number of ether oxygens (including phenoxy) is 1. The first-order valence-electron chi connectivity index (χ1n) is 13.3. The van der Waals surface area contributed by atoms with Crippen LogP contribution in [0.15, 0.2) is 48.5 Å². The minimum absolute atomic E-state index is 0.0789. The number of imidazole rings is 1. The normalized spacial score (nSPS) is 17.2. The van der Waals surface area contributed by atoms with E-state index >= 15 is 4.39 Å². The molecule has 2 amide bonds. The lowest BCUT2D eigenvalue weighted by Crippen LogP contribution is -2.51. The van der Waals surface area contributed by atoms with Crippen molar-refractivity contribution in [2.45, 2.75) is 32.4 Å². The second-order valence-corrected chi connectivity index (χ2v) is 11.8. The molecule has 216 valence electrons. The number of amides is 2. The van der Waals surface area contributed by atoms with Crippen molar-refractivity contribution in [1.29, 1.82) is 0 Å². The number of hydrogen-bond donors (Lipinski definition) is 1. The molecule has 1 N–H and O–H groups in total. The number of nitrogens with zero attached hydrogens (tertiary/aromatic N) is 4. The van der Waals surface area contributed by atoms with Gasteiger partial charge in [-0.25, -0.2) is 9.37 Å². The largest absolute Gasteiger partial charge is 0.496 e. The zero-order valence-corrected chi connectivity index (χ0v) is 25.4. The third kappa shape index (κ3) is 3.76. The lowest BCUT2D eigenvalue weighted by Gasteiger charge is -2.36. The highest BCUT2D eigenvalue weighted by Crippen LogP contribution is 2.55. The number of nitrogens with one attached hydrogen (secondary N) is 1. The van der Waals surface area contributed by atoms with Crippen molar-refractivity contribution < 1.29 is 18.7 Å². The summed E-state index contributed by atoms with van der Waals surface area (Å²) in [5.41, 5.74) is 1.73. The summed E-state index contributed by atoms with van der Waals surface area (Å²) < 4.78 is 22.9. The van der Waals surface area contributed by atoms with Crippen LogP contribution >= 0.6 is 23.2 Å². The Hall–Kier alpha value is -4.08. The molecule has 6 rings (SSSR count). The summed E-state index contributed by atoms with van der Waals surface area (Å²) in [6.45, 7) is 5.69. The maximum Gasteiger partial charge on any atom is 0.280 e. The maximum atomic E-state index is 15.4. The van der Waals surface area contributed by atoms with Gasteiger partial charge in [0.1, 0.15) is 17.4 Å². The van der Waals surface area contributed by atoms with Gasteiger partial charge in [-0.1, -0.05) is 35.3 Å². The molecular weight excluding hydrogens is 580 g/mol. The van der Waals surface area contributed by atoms with Crippen LogP contribution in [0.25, 0.3) is 11.4 Å². The van der Waals surface area contributed by atoms with Crippen LogP contribution in [0.2, 0.25) is 10.0 Å². The minimum atomic E-state index is -1.65. The number of rotatable bonds is 5. The topological polar surface area (TPSA) is 79.7 Å². The Morgan fingerprint density at radius 2 is 1.74 bits per heavy atom. The molecule has 0 radical (unpaired) electrons. The molecule has 11 heteroatoms. The molecule has 0 aliphatic carbocycles. The lowest BCUT2D eigenvalue weighted by molar-refractivity contribution is -0.119. The van der Waals surface area contributed by atoms with Crippen molar-refractivity contribution in [3.63, 3.8) is 0 Å². The standard InChI is InChI=1S/C31H28Cl2FN5O3/c1-15(2)38-27-26(36-28(38)19-13-21(34)24(37(4)5)14-25(19)42-6)29(40)39(23-12-18(33)8-7-16(23)3)31(27)20-10-9-17(32)11-22(20)35-30(31)41/h7-15H,1-6H3,(H,35,41). The Morgan fingerprint density at radius 1 is 1.05 bits per heavy atom. The van der Waals surface area contributed by atoms with Gasteiger partial charge >= 0.3 is 0 Å². The van der Waals surface area contributed by atoms with E-state index in [9.17, 15) is 9.59 Å². The Kier molecular flexibility index (Phi) is 6.51. The van der Waals surface area contributed by atoms with Crippen molar-refractivity contribution in [3.8, 4) is 17.1 Å². The van der Waals surface area contributed by atoms with Gasteiger partial charge in [-0.3, -0.25) is 14.5 Å². The van der Waals surface area contributed by atoms with E-state index in [0.29, 0.717) is 55.5 Å². The molecule has 1 atom stereocenters. The van der Waals surface area contributed by atoms with E-state index in [1.54, 1.807) is 61.5 Å². The van der Waals surface area contributed by atoms with Crippen LogP contribution < -0.4 is 19.9 Å². The number of hydrogen-bond acceptors (Lipinski definition) is 5. The van der Waals surface area contributed by atoms with Gasteiger partial charge in [0, 0.05) is 47.5 Å². The van der Waals surface area contributed by atoms with E-state index in [1.807, 2.05) is 25.3 Å². The highest BCUT2D eigenvalue weighted by molar-refractivity contribution is 6.32. The number of benzene rings is 3. The zero-order valence-electron chi connectivity index (χ0n) is 23.8. The first-order valence-corrected chi connectivity index (χ1v) is 14.1. The van der Waals surface area contributed by atoms with Crippen LogP contribution in [0.3, 0.4) is 0 Å². The molecule has 0 fully saturated rings. The van der Waals surface area contributed by atoms with Crippen molar-refractivity contribution in [2.24, 2.45) is 0 Å². The van der Waals surface area contributed by atoms with Gasteiger partial charge in [0.05, 0.1) is 29.7 Å². The summed E-state index contributed by atoms with van der Waals surface area (Å²) in [6.07, 6.45) is 0. The third-order valence-electron chi connectivity index (χ3n) is 7.86. The summed E-state index contributed by atoms with van der Waals surface area (Å²) in [5, 5.41) is 3.79. The molecule has 1 aromatic heterocycles. The van der Waals surface area contributed by atoms with Crippen molar-refractivity contribution >= 4 is 52.1 Å². The second kappa shape index (κ2) is 9.74. The Labute approximate surface area is 252 Å². The number of halogens is 3. The minimum Gasteiger partial charge on any atom is -0.496 e. The van der Waals surface area contributed by atoms with Crippen molar-refractivity contribution in [3.05, 3.63) is 86.9 Å². The molecule has 1 unspecified atom stereocenters. The van der Waals surface area contributed by atoms with E-state index in [2.05, 4.69) is 5.32 Å². The lowest BCUT2D eigenvalue weighted by atomic mass is 9.86. The second-order valence-electron chi connectivity index (χ2n) is 10.9. The van der Waals surface area contributed by atoms with Gasteiger partial charge < -0.3 is 19.5 Å². The number of fused-ring (bicyclic) bond motifs is 4. The summed E-state index contributed by atoms with van der Waals surface area (Å²) in [7, 11) is 4.96. The number of carbonyl (C=O) groups excluding carboxylic acids is 2. The Balaban J connectivity index is 1.73. The predicted molar refractivity (Wildman–Crippen MR) is 163 cm³/mol. The maximum absolute atomic E-state index is 15.4. The van der Waals surface area contributed by atoms with E-state index in [1.165, 1.54) is 18.1 Å². The molecule has 3 aromatic carbocycles. The summed E-state index contributed by atoms with van der Waals surface area (Å²) in [6, 6.07) is 12.9. The molecular formula is C31H28Cl2FN5O3. The predicted octanol–water partition coefficient (Wildman–Crippen LogP) is 6.82. The van der Waals surface area contributed by atoms with Crippen LogP contribution in [0.1, 0.15) is 47.2 Å². The quantitative estimate of drug-likeness (QED) is 0.269.